The molecular formula is C15H16N8O5. The normalized spacial score (nSPS) is 11.1. The Morgan fingerprint density at radius 1 is 1.43 bits per heavy atom. The molecule has 0 saturated heterocycles. The van der Waals surface area contributed by atoms with Crippen molar-refractivity contribution in [2.45, 2.75) is 6.61 Å². The van der Waals surface area contributed by atoms with Gasteiger partial charge in [0.25, 0.3) is 5.91 Å². The molecule has 0 aliphatic carbocycles. The van der Waals surface area contributed by atoms with Crippen molar-refractivity contribution < 1.29 is 24.0 Å². The first-order chi connectivity index (χ1) is 13.5. The third kappa shape index (κ3) is 3.73. The van der Waals surface area contributed by atoms with Crippen LogP contribution in [0.4, 0.5) is 5.82 Å². The quantitative estimate of drug-likeness (QED) is 0.364. The summed E-state index contributed by atoms with van der Waals surface area (Å²) >= 11 is 0. The third-order valence-electron chi connectivity index (χ3n) is 3.54. The van der Waals surface area contributed by atoms with E-state index < -0.39 is 5.91 Å². The van der Waals surface area contributed by atoms with Crippen molar-refractivity contribution in [3.63, 3.8) is 0 Å². The molecule has 0 spiro atoms. The van der Waals surface area contributed by atoms with Crippen molar-refractivity contribution in [1.29, 1.82) is 0 Å². The Labute approximate surface area is 157 Å². The number of aromatic nitrogens is 5. The van der Waals surface area contributed by atoms with Gasteiger partial charge in [0.05, 0.1) is 19.9 Å². The summed E-state index contributed by atoms with van der Waals surface area (Å²) in [6.45, 7) is 0.000921. The van der Waals surface area contributed by atoms with E-state index in [0.717, 1.165) is 0 Å². The van der Waals surface area contributed by atoms with Gasteiger partial charge in [-0.15, -0.1) is 5.10 Å². The Morgan fingerprint density at radius 2 is 2.25 bits per heavy atom. The Morgan fingerprint density at radius 3 is 2.93 bits per heavy atom. The molecule has 146 valence electrons. The number of aromatic hydroxyl groups is 1. The highest BCUT2D eigenvalue weighted by atomic mass is 16.6. The standard InChI is InChI=1S/C15H16N8O5/c1-26-7-9-12(18-22-23(9)14-13(16)20-28-21-14)15(25)19-17-6-8-3-4-10(24)11(5-8)27-2/h3-6,24H,7H2,1-2H3,(H2,16,20)(H,19,25)/b17-6-. The average Bonchev–Trinajstić information content (AvgIpc) is 3.29. The van der Waals surface area contributed by atoms with Crippen molar-refractivity contribution in [3.8, 4) is 17.3 Å². The lowest BCUT2D eigenvalue weighted by Crippen LogP contribution is -2.20. The zero-order valence-corrected chi connectivity index (χ0v) is 14.9. The number of nitrogens with zero attached hydrogens (tertiary/aromatic N) is 6. The van der Waals surface area contributed by atoms with E-state index in [2.05, 4.69) is 35.8 Å². The molecule has 4 N–H and O–H groups in total. The molecule has 0 bridgehead atoms. The van der Waals surface area contributed by atoms with Gasteiger partial charge in [-0.3, -0.25) is 4.79 Å². The van der Waals surface area contributed by atoms with Gasteiger partial charge in [0, 0.05) is 7.11 Å². The number of nitrogens with one attached hydrogen (secondary N) is 1. The van der Waals surface area contributed by atoms with E-state index in [1.54, 1.807) is 12.1 Å². The van der Waals surface area contributed by atoms with Gasteiger partial charge >= 0.3 is 0 Å². The maximum Gasteiger partial charge on any atom is 0.293 e. The van der Waals surface area contributed by atoms with E-state index in [4.69, 9.17) is 15.2 Å². The molecule has 13 heteroatoms. The van der Waals surface area contributed by atoms with Gasteiger partial charge in [-0.1, -0.05) is 5.21 Å². The Hall–Kier alpha value is -4.00. The number of phenolic OH excluding ortho intramolecular Hbond substituents is 1. The average molecular weight is 388 g/mol. The monoisotopic (exact) mass is 388 g/mol. The molecule has 2 heterocycles. The fourth-order valence-corrected chi connectivity index (χ4v) is 2.25. The van der Waals surface area contributed by atoms with Gasteiger partial charge in [-0.05, 0) is 34.1 Å². The zero-order chi connectivity index (χ0) is 20.1. The molecule has 0 aliphatic heterocycles. The first-order valence-corrected chi connectivity index (χ1v) is 7.77. The van der Waals surface area contributed by atoms with Crippen molar-refractivity contribution >= 4 is 17.9 Å². The predicted molar refractivity (Wildman–Crippen MR) is 94.1 cm³/mol. The van der Waals surface area contributed by atoms with Gasteiger partial charge < -0.3 is 20.3 Å². The van der Waals surface area contributed by atoms with E-state index in [1.165, 1.54) is 31.2 Å². The van der Waals surface area contributed by atoms with Crippen LogP contribution < -0.4 is 15.9 Å². The minimum Gasteiger partial charge on any atom is -0.504 e. The number of benzene rings is 1. The van der Waals surface area contributed by atoms with E-state index in [9.17, 15) is 9.90 Å². The van der Waals surface area contributed by atoms with E-state index in [0.29, 0.717) is 5.56 Å². The topological polar surface area (TPSA) is 176 Å². The summed E-state index contributed by atoms with van der Waals surface area (Å²) in [6, 6.07) is 4.60. The summed E-state index contributed by atoms with van der Waals surface area (Å²) < 4.78 is 15.8. The first-order valence-electron chi connectivity index (χ1n) is 7.77. The number of carbonyl (C=O) groups is 1. The molecule has 0 radical (unpaired) electrons. The number of methoxy groups -OCH3 is 2. The maximum absolute atomic E-state index is 12.4. The lowest BCUT2D eigenvalue weighted by atomic mass is 10.2. The molecule has 28 heavy (non-hydrogen) atoms. The number of hydrogen-bond acceptors (Lipinski definition) is 11. The molecule has 0 atom stereocenters. The highest BCUT2D eigenvalue weighted by molar-refractivity contribution is 5.94. The van der Waals surface area contributed by atoms with E-state index in [-0.39, 0.29) is 41.1 Å². The SMILES string of the molecule is COCc1c(C(=O)N/N=C\c2ccc(O)c(OC)c2)nnn1-c1nonc1N. The summed E-state index contributed by atoms with van der Waals surface area (Å²) in [6.07, 6.45) is 1.37. The second-order valence-electron chi connectivity index (χ2n) is 5.33. The smallest absolute Gasteiger partial charge is 0.293 e. The Bertz CT molecular complexity index is 1010. The van der Waals surface area contributed by atoms with Crippen LogP contribution in [-0.2, 0) is 11.3 Å². The van der Waals surface area contributed by atoms with Crippen LogP contribution >= 0.6 is 0 Å². The molecule has 13 nitrogen and oxygen atoms in total. The maximum atomic E-state index is 12.4. The number of nitrogen functional groups attached to an aromatic ring is 1. The van der Waals surface area contributed by atoms with Crippen molar-refractivity contribution in [3.05, 3.63) is 35.2 Å². The van der Waals surface area contributed by atoms with Gasteiger partial charge in [0.1, 0.15) is 5.69 Å². The summed E-state index contributed by atoms with van der Waals surface area (Å²) in [5, 5.41) is 28.2. The summed E-state index contributed by atoms with van der Waals surface area (Å²) in [5.74, 6) is -0.298. The molecule has 1 aromatic carbocycles. The molecule has 1 amide bonds. The number of hydrogen-bond donors (Lipinski definition) is 3. The molecule has 3 rings (SSSR count). The third-order valence-corrected chi connectivity index (χ3v) is 3.54. The van der Waals surface area contributed by atoms with Crippen molar-refractivity contribution in [2.24, 2.45) is 5.10 Å². The minimum absolute atomic E-state index is 0.000921. The predicted octanol–water partition coefficient (Wildman–Crippen LogP) is -0.143. The summed E-state index contributed by atoms with van der Waals surface area (Å²) in [5.41, 5.74) is 8.83. The van der Waals surface area contributed by atoms with Gasteiger partial charge in [-0.2, -0.15) is 9.78 Å². The number of nitrogens with two attached hydrogens (primary N) is 1. The van der Waals surface area contributed by atoms with Crippen LogP contribution in [-0.4, -0.2) is 56.8 Å². The number of ether oxygens (including phenoxy) is 2. The van der Waals surface area contributed by atoms with Crippen LogP contribution in [0.25, 0.3) is 5.82 Å². The molecule has 3 aromatic rings. The molecule has 0 aliphatic rings. The lowest BCUT2D eigenvalue weighted by molar-refractivity contribution is 0.0944. The number of phenols is 1. The molecule has 0 unspecified atom stereocenters. The fraction of sp³-hybridized carbons (Fsp3) is 0.200. The lowest BCUT2D eigenvalue weighted by Gasteiger charge is -2.04. The van der Waals surface area contributed by atoms with Crippen LogP contribution in [0, 0.1) is 0 Å². The van der Waals surface area contributed by atoms with Crippen LogP contribution in [0.2, 0.25) is 0 Å². The molecule has 0 saturated carbocycles. The molecule has 2 aromatic heterocycles. The highest BCUT2D eigenvalue weighted by Gasteiger charge is 2.23. The van der Waals surface area contributed by atoms with Gasteiger partial charge in [0.2, 0.25) is 11.6 Å². The van der Waals surface area contributed by atoms with Crippen LogP contribution in [0.5, 0.6) is 11.5 Å². The molecular weight excluding hydrogens is 372 g/mol. The number of hydrazone groups is 1. The minimum atomic E-state index is -0.629. The number of rotatable bonds is 7. The first kappa shape index (κ1) is 18.8. The Balaban J connectivity index is 1.79. The van der Waals surface area contributed by atoms with Crippen LogP contribution in [0.15, 0.2) is 27.9 Å². The highest BCUT2D eigenvalue weighted by Crippen LogP contribution is 2.25. The van der Waals surface area contributed by atoms with Gasteiger partial charge in [0.15, 0.2) is 17.2 Å². The van der Waals surface area contributed by atoms with Gasteiger partial charge in [-0.25, -0.2) is 10.1 Å². The van der Waals surface area contributed by atoms with Crippen molar-refractivity contribution in [2.75, 3.05) is 20.0 Å². The van der Waals surface area contributed by atoms with E-state index >= 15 is 0 Å². The van der Waals surface area contributed by atoms with Crippen molar-refractivity contribution in [1.82, 2.24) is 30.7 Å². The molecule has 0 fully saturated rings. The Kier molecular flexibility index (Phi) is 5.45. The largest absolute Gasteiger partial charge is 0.504 e. The summed E-state index contributed by atoms with van der Waals surface area (Å²) in [7, 11) is 2.87. The zero-order valence-electron chi connectivity index (χ0n) is 14.9. The number of anilines is 1. The number of amides is 1. The second kappa shape index (κ2) is 8.13. The van der Waals surface area contributed by atoms with Crippen LogP contribution in [0.1, 0.15) is 21.7 Å². The second-order valence-corrected chi connectivity index (χ2v) is 5.33. The van der Waals surface area contributed by atoms with Crippen LogP contribution in [0.3, 0.4) is 0 Å². The number of carbonyl (C=O) groups excluding carboxylic acids is 1. The van der Waals surface area contributed by atoms with E-state index in [1.807, 2.05) is 0 Å². The summed E-state index contributed by atoms with van der Waals surface area (Å²) in [4.78, 5) is 12.4. The fourth-order valence-electron chi connectivity index (χ4n) is 2.25.